The van der Waals surface area contributed by atoms with Crippen molar-refractivity contribution in [2.24, 2.45) is 0 Å². The Labute approximate surface area is 102 Å². The molecule has 0 spiro atoms. The van der Waals surface area contributed by atoms with Gasteiger partial charge in [-0.15, -0.1) is 0 Å². The van der Waals surface area contributed by atoms with E-state index in [9.17, 15) is 0 Å². The molecule has 66 valence electrons. The van der Waals surface area contributed by atoms with E-state index in [1.165, 1.54) is 25.9 Å². The van der Waals surface area contributed by atoms with Crippen molar-refractivity contribution >= 4 is 19.8 Å². The molecular weight excluding hydrogens is 324 g/mol. The van der Waals surface area contributed by atoms with E-state index in [0.29, 0.717) is 0 Å². The fraction of sp³-hybridized carbons (Fsp3) is 0.273. The molecule has 0 aliphatic carbocycles. The Kier molecular flexibility index (Phi) is 9.11. The summed E-state index contributed by atoms with van der Waals surface area (Å²) < 4.78 is 0. The Balaban J connectivity index is 0.000000671. The monoisotopic (exact) mass is 336 g/mol. The molecule has 0 unspecified atom stereocenters. The minimum atomic E-state index is 0.947. The second-order valence-electron chi connectivity index (χ2n) is 2.74. The maximum absolute atomic E-state index is 3.57. The van der Waals surface area contributed by atoms with Crippen LogP contribution in [0.25, 0.3) is 0 Å². The van der Waals surface area contributed by atoms with E-state index in [1.807, 2.05) is 0 Å². The van der Waals surface area contributed by atoms with Crippen LogP contribution >= 0.6 is 19.8 Å². The van der Waals surface area contributed by atoms with Crippen LogP contribution in [0.2, 0.25) is 0 Å². The number of rotatable bonds is 3. The van der Waals surface area contributed by atoms with Gasteiger partial charge in [0.2, 0.25) is 0 Å². The standard InChI is InChI=1S/C11H13.HI.Zn/c1-3-4-5-11-8-6-10(2)7-9-11;;/h6-9H,1,4-5H2,2H3;1H;/q-1;;+2/p-1. The Morgan fingerprint density at radius 2 is 1.85 bits per heavy atom. The molecule has 0 atom stereocenters. The van der Waals surface area contributed by atoms with Crippen molar-refractivity contribution < 1.29 is 14.8 Å². The molecule has 1 aromatic carbocycles. The van der Waals surface area contributed by atoms with Crippen molar-refractivity contribution in [2.75, 3.05) is 0 Å². The van der Waals surface area contributed by atoms with Gasteiger partial charge in [0.15, 0.2) is 0 Å². The van der Waals surface area contributed by atoms with Crippen LogP contribution in [0, 0.1) is 13.0 Å². The van der Waals surface area contributed by atoms with Crippen molar-refractivity contribution in [3.8, 4) is 0 Å². The van der Waals surface area contributed by atoms with E-state index in [2.05, 4.69) is 63.6 Å². The molecule has 0 N–H and O–H groups in total. The van der Waals surface area contributed by atoms with Crippen LogP contribution < -0.4 is 0 Å². The van der Waals surface area contributed by atoms with Crippen molar-refractivity contribution in [3.05, 3.63) is 48.0 Å². The molecule has 1 aromatic rings. The molecule has 1 rings (SSSR count). The molecule has 0 aliphatic heterocycles. The Bertz CT molecular complexity index is 228. The third-order valence-corrected chi connectivity index (χ3v) is 1.71. The zero-order chi connectivity index (χ0) is 10.1. The Morgan fingerprint density at radius 3 is 2.31 bits per heavy atom. The van der Waals surface area contributed by atoms with E-state index >= 15 is 0 Å². The molecular formula is C11H13IZn. The Hall–Kier alpha value is 0.313. The van der Waals surface area contributed by atoms with Gasteiger partial charge < -0.3 is 6.08 Å². The summed E-state index contributed by atoms with van der Waals surface area (Å²) in [4.78, 5) is 0. The van der Waals surface area contributed by atoms with E-state index in [-0.39, 0.29) is 0 Å². The summed E-state index contributed by atoms with van der Waals surface area (Å²) in [6.45, 7) is 5.67. The van der Waals surface area contributed by atoms with Gasteiger partial charge in [-0.3, -0.25) is 6.58 Å². The van der Waals surface area contributed by atoms with Gasteiger partial charge in [-0.25, -0.2) is 0 Å². The van der Waals surface area contributed by atoms with Crippen LogP contribution in [0.1, 0.15) is 17.5 Å². The van der Waals surface area contributed by atoms with E-state index in [4.69, 9.17) is 0 Å². The Morgan fingerprint density at radius 1 is 1.31 bits per heavy atom. The maximum atomic E-state index is 3.57. The molecule has 0 radical (unpaired) electrons. The van der Waals surface area contributed by atoms with Gasteiger partial charge in [0.05, 0.1) is 0 Å². The average molecular weight is 338 g/mol. The summed E-state index contributed by atoms with van der Waals surface area (Å²) in [5, 5.41) is 0. The fourth-order valence-corrected chi connectivity index (χ4v) is 0.987. The number of hydrogen-bond acceptors (Lipinski definition) is 0. The van der Waals surface area contributed by atoms with Crippen LogP contribution in [-0.4, -0.2) is 0 Å². The van der Waals surface area contributed by atoms with Crippen molar-refractivity contribution in [2.45, 2.75) is 19.8 Å². The van der Waals surface area contributed by atoms with Crippen LogP contribution in [0.15, 0.2) is 30.8 Å². The first kappa shape index (κ1) is 13.3. The van der Waals surface area contributed by atoms with Gasteiger partial charge in [0, 0.05) is 0 Å². The van der Waals surface area contributed by atoms with Crippen LogP contribution in [0.5, 0.6) is 0 Å². The summed E-state index contributed by atoms with van der Waals surface area (Å²) in [5.74, 6) is 0. The predicted molar refractivity (Wildman–Crippen MR) is 62.4 cm³/mol. The summed E-state index contributed by atoms with van der Waals surface area (Å²) in [6, 6.07) is 8.59. The predicted octanol–water partition coefficient (Wildman–Crippen LogP) is 3.80. The summed E-state index contributed by atoms with van der Waals surface area (Å²) in [5.41, 5.74) is 2.68. The average Bonchev–Trinajstić information content (AvgIpc) is 2.20. The minimum absolute atomic E-state index is 0.947. The third-order valence-electron chi connectivity index (χ3n) is 1.71. The molecule has 0 heterocycles. The first-order chi connectivity index (χ1) is 6.33. The van der Waals surface area contributed by atoms with Crippen molar-refractivity contribution in [1.29, 1.82) is 0 Å². The second-order valence-corrected chi connectivity index (χ2v) is 2.74. The fourth-order valence-electron chi connectivity index (χ4n) is 0.987. The first-order valence-electron chi connectivity index (χ1n) is 4.15. The van der Waals surface area contributed by atoms with Gasteiger partial charge in [-0.1, -0.05) is 41.8 Å². The van der Waals surface area contributed by atoms with Gasteiger partial charge in [-0.2, -0.15) is 6.42 Å². The quantitative estimate of drug-likeness (QED) is 0.447. The number of aryl methyl sites for hydroxylation is 2. The van der Waals surface area contributed by atoms with Gasteiger partial charge >= 0.3 is 34.5 Å². The van der Waals surface area contributed by atoms with Gasteiger partial charge in [0.1, 0.15) is 0 Å². The van der Waals surface area contributed by atoms with Crippen LogP contribution in [-0.2, 0) is 21.2 Å². The zero-order valence-corrected chi connectivity index (χ0v) is 13.1. The SMILES string of the molecule is C=[C-]CCc1ccc(C)cc1.[Zn+][I]. The van der Waals surface area contributed by atoms with Gasteiger partial charge in [-0.05, 0) is 6.92 Å². The molecule has 13 heavy (non-hydrogen) atoms. The van der Waals surface area contributed by atoms with E-state index in [0.717, 1.165) is 12.8 Å². The molecule has 0 aliphatic rings. The molecule has 0 fully saturated rings. The number of halogens is 1. The molecule has 0 saturated heterocycles. The molecule has 0 amide bonds. The summed E-state index contributed by atoms with van der Waals surface area (Å²) in [7, 11) is 0. The molecule has 0 nitrogen and oxygen atoms in total. The zero-order valence-electron chi connectivity index (χ0n) is 8.02. The molecule has 2 heteroatoms. The summed E-state index contributed by atoms with van der Waals surface area (Å²) in [6.07, 6.45) is 4.89. The van der Waals surface area contributed by atoms with Crippen molar-refractivity contribution in [3.63, 3.8) is 0 Å². The second kappa shape index (κ2) is 8.89. The summed E-state index contributed by atoms with van der Waals surface area (Å²) >= 11 is 3.62. The normalized spacial score (nSPS) is 8.62. The molecule has 0 saturated carbocycles. The molecule has 0 bridgehead atoms. The first-order valence-corrected chi connectivity index (χ1v) is 13.2. The van der Waals surface area contributed by atoms with Gasteiger partial charge in [0.25, 0.3) is 0 Å². The number of hydrogen-bond donors (Lipinski definition) is 0. The van der Waals surface area contributed by atoms with E-state index in [1.54, 1.807) is 0 Å². The van der Waals surface area contributed by atoms with Crippen LogP contribution in [0.3, 0.4) is 0 Å². The topological polar surface area (TPSA) is 0 Å². The number of benzene rings is 1. The van der Waals surface area contributed by atoms with E-state index < -0.39 is 0 Å². The number of allylic oxidation sites excluding steroid dienone is 1. The molecule has 0 aromatic heterocycles. The third kappa shape index (κ3) is 6.39. The van der Waals surface area contributed by atoms with Crippen molar-refractivity contribution in [1.82, 2.24) is 0 Å². The van der Waals surface area contributed by atoms with Crippen LogP contribution in [0.4, 0.5) is 0 Å².